The van der Waals surface area contributed by atoms with Crippen molar-refractivity contribution >= 4 is 17.0 Å². The van der Waals surface area contributed by atoms with Gasteiger partial charge in [0.2, 0.25) is 0 Å². The molecule has 5 aromatic rings. The Labute approximate surface area is 217 Å². The number of rotatable bonds is 8. The first-order chi connectivity index (χ1) is 18.2. The molecular weight excluding hydrogens is 458 g/mol. The third-order valence-corrected chi connectivity index (χ3v) is 7.95. The van der Waals surface area contributed by atoms with Gasteiger partial charge in [-0.25, -0.2) is 15.0 Å². The molecule has 0 amide bonds. The van der Waals surface area contributed by atoms with E-state index >= 15 is 0 Å². The number of nitrogens with zero attached hydrogens (tertiary/aromatic N) is 4. The van der Waals surface area contributed by atoms with Crippen LogP contribution in [0.4, 0.5) is 5.82 Å². The van der Waals surface area contributed by atoms with Crippen LogP contribution in [-0.2, 0) is 10.3 Å². The second kappa shape index (κ2) is 9.79. The number of imidazole rings is 1. The van der Waals surface area contributed by atoms with Crippen molar-refractivity contribution in [2.75, 3.05) is 12.3 Å². The molecule has 0 spiro atoms. The summed E-state index contributed by atoms with van der Waals surface area (Å²) < 4.78 is 9.37. The maximum absolute atomic E-state index is 7.20. The molecule has 2 heterocycles. The number of nitrogens with two attached hydrogens (primary N) is 1. The molecule has 6 nitrogen and oxygen atoms in total. The molecule has 1 aliphatic rings. The highest BCUT2D eigenvalue weighted by Crippen LogP contribution is 2.49. The molecule has 0 saturated heterocycles. The van der Waals surface area contributed by atoms with Gasteiger partial charge >= 0.3 is 0 Å². The lowest BCUT2D eigenvalue weighted by Gasteiger charge is -2.47. The Morgan fingerprint density at radius 1 is 0.838 bits per heavy atom. The lowest BCUT2D eigenvalue weighted by Crippen LogP contribution is -2.44. The Balaban J connectivity index is 1.41. The average molecular weight is 490 g/mol. The summed E-state index contributed by atoms with van der Waals surface area (Å²) in [5, 5.41) is 0. The molecule has 2 N–H and O–H groups in total. The molecule has 3 aromatic carbocycles. The highest BCUT2D eigenvalue weighted by molar-refractivity contribution is 5.81. The van der Waals surface area contributed by atoms with Crippen LogP contribution in [0.3, 0.4) is 0 Å². The summed E-state index contributed by atoms with van der Waals surface area (Å²) in [4.78, 5) is 13.2. The van der Waals surface area contributed by atoms with E-state index in [9.17, 15) is 0 Å². The largest absolute Gasteiger partial charge is 0.382 e. The highest BCUT2D eigenvalue weighted by Gasteiger charge is 2.45. The minimum atomic E-state index is -0.730. The van der Waals surface area contributed by atoms with Crippen molar-refractivity contribution in [3.63, 3.8) is 0 Å². The van der Waals surface area contributed by atoms with Crippen molar-refractivity contribution in [1.82, 2.24) is 19.5 Å². The van der Waals surface area contributed by atoms with Crippen LogP contribution in [0.25, 0.3) is 11.2 Å². The molecule has 0 radical (unpaired) electrons. The standard InChI is InChI=1S/C31H31N5O/c1-2-22-18-27(36-21-35-28-29(32)33-20-34-30(28)36)26(22)19-37-31(23-12-6-3-7-13-23,24-14-8-4-9-15-24)25-16-10-5-11-17-25/h3-17,20-22,26-27H,2,18-19H2,1H3,(H2,32,33,34)/t22-,26+,27+/m0/s1. The quantitative estimate of drug-likeness (QED) is 0.270. The van der Waals surface area contributed by atoms with E-state index in [0.717, 1.165) is 35.2 Å². The maximum atomic E-state index is 7.20. The number of nitrogen functional groups attached to an aromatic ring is 1. The lowest BCUT2D eigenvalue weighted by molar-refractivity contribution is -0.0656. The van der Waals surface area contributed by atoms with Gasteiger partial charge in [0.25, 0.3) is 0 Å². The smallest absolute Gasteiger partial charge is 0.165 e. The molecule has 6 rings (SSSR count). The molecule has 2 aromatic heterocycles. The van der Waals surface area contributed by atoms with Crippen molar-refractivity contribution in [2.24, 2.45) is 11.8 Å². The first-order valence-corrected chi connectivity index (χ1v) is 13.0. The van der Waals surface area contributed by atoms with Gasteiger partial charge in [-0.1, -0.05) is 104 Å². The normalized spacial score (nSPS) is 19.5. The van der Waals surface area contributed by atoms with Crippen LogP contribution < -0.4 is 5.73 Å². The van der Waals surface area contributed by atoms with E-state index in [0.29, 0.717) is 29.8 Å². The number of ether oxygens (including phenoxy) is 1. The number of benzene rings is 3. The van der Waals surface area contributed by atoms with Crippen LogP contribution in [0.1, 0.15) is 42.5 Å². The number of hydrogen-bond acceptors (Lipinski definition) is 5. The third kappa shape index (κ3) is 3.98. The fraction of sp³-hybridized carbons (Fsp3) is 0.258. The molecular formula is C31H31N5O. The van der Waals surface area contributed by atoms with E-state index in [1.807, 2.05) is 6.33 Å². The molecule has 1 fully saturated rings. The predicted octanol–water partition coefficient (Wildman–Crippen LogP) is 6.00. The summed E-state index contributed by atoms with van der Waals surface area (Å²) in [6.07, 6.45) is 5.54. The van der Waals surface area contributed by atoms with Crippen LogP contribution in [0, 0.1) is 11.8 Å². The minimum absolute atomic E-state index is 0.240. The maximum Gasteiger partial charge on any atom is 0.165 e. The predicted molar refractivity (Wildman–Crippen MR) is 146 cm³/mol. The summed E-state index contributed by atoms with van der Waals surface area (Å²) in [5.74, 6) is 1.29. The van der Waals surface area contributed by atoms with Gasteiger partial charge in [-0.2, -0.15) is 0 Å². The van der Waals surface area contributed by atoms with Crippen LogP contribution >= 0.6 is 0 Å². The van der Waals surface area contributed by atoms with E-state index in [4.69, 9.17) is 10.5 Å². The number of aromatic nitrogens is 4. The molecule has 0 bridgehead atoms. The minimum Gasteiger partial charge on any atom is -0.382 e. The van der Waals surface area contributed by atoms with Gasteiger partial charge < -0.3 is 15.0 Å². The van der Waals surface area contributed by atoms with Crippen molar-refractivity contribution < 1.29 is 4.74 Å². The zero-order chi connectivity index (χ0) is 25.2. The Hall–Kier alpha value is -4.03. The Morgan fingerprint density at radius 2 is 1.41 bits per heavy atom. The molecule has 3 atom stereocenters. The van der Waals surface area contributed by atoms with Gasteiger partial charge in [0.15, 0.2) is 11.5 Å². The summed E-state index contributed by atoms with van der Waals surface area (Å²) in [6.45, 7) is 2.86. The van der Waals surface area contributed by atoms with Gasteiger partial charge in [0.1, 0.15) is 17.4 Å². The molecule has 37 heavy (non-hydrogen) atoms. The summed E-state index contributed by atoms with van der Waals surface area (Å²) in [6, 6.07) is 31.9. The molecule has 1 aliphatic carbocycles. The van der Waals surface area contributed by atoms with Crippen molar-refractivity contribution in [3.05, 3.63) is 120 Å². The van der Waals surface area contributed by atoms with Crippen LogP contribution in [-0.4, -0.2) is 26.1 Å². The fourth-order valence-corrected chi connectivity index (χ4v) is 5.92. The second-order valence-corrected chi connectivity index (χ2v) is 9.81. The fourth-order valence-electron chi connectivity index (χ4n) is 5.92. The van der Waals surface area contributed by atoms with E-state index in [2.05, 4.69) is 117 Å². The van der Waals surface area contributed by atoms with Gasteiger partial charge in [-0.15, -0.1) is 0 Å². The topological polar surface area (TPSA) is 78.9 Å². The summed E-state index contributed by atoms with van der Waals surface area (Å²) >= 11 is 0. The third-order valence-electron chi connectivity index (χ3n) is 7.95. The Kier molecular flexibility index (Phi) is 6.18. The number of hydrogen-bond donors (Lipinski definition) is 1. The van der Waals surface area contributed by atoms with E-state index in [1.165, 1.54) is 6.33 Å². The van der Waals surface area contributed by atoms with Crippen molar-refractivity contribution in [1.29, 1.82) is 0 Å². The summed E-state index contributed by atoms with van der Waals surface area (Å²) in [7, 11) is 0. The lowest BCUT2D eigenvalue weighted by atomic mass is 9.68. The average Bonchev–Trinajstić information content (AvgIpc) is 3.37. The van der Waals surface area contributed by atoms with E-state index < -0.39 is 5.60 Å². The Bertz CT molecular complexity index is 1370. The molecule has 186 valence electrons. The van der Waals surface area contributed by atoms with Gasteiger partial charge in [-0.3, -0.25) is 0 Å². The van der Waals surface area contributed by atoms with Crippen LogP contribution in [0.5, 0.6) is 0 Å². The molecule has 0 unspecified atom stereocenters. The number of anilines is 1. The SMILES string of the molecule is CC[C@H]1C[C@@H](n2cnc3c(N)ncnc32)[C@@H]1COC(c1ccccc1)(c1ccccc1)c1ccccc1. The zero-order valence-electron chi connectivity index (χ0n) is 20.9. The molecule has 6 heteroatoms. The highest BCUT2D eigenvalue weighted by atomic mass is 16.5. The van der Waals surface area contributed by atoms with Crippen molar-refractivity contribution in [2.45, 2.75) is 31.4 Å². The van der Waals surface area contributed by atoms with Crippen molar-refractivity contribution in [3.8, 4) is 0 Å². The molecule has 0 aliphatic heterocycles. The van der Waals surface area contributed by atoms with E-state index in [-0.39, 0.29) is 6.04 Å². The zero-order valence-corrected chi connectivity index (χ0v) is 20.9. The Morgan fingerprint density at radius 3 is 1.95 bits per heavy atom. The van der Waals surface area contributed by atoms with Gasteiger partial charge in [0.05, 0.1) is 12.9 Å². The first kappa shape index (κ1) is 23.4. The number of fused-ring (bicyclic) bond motifs is 1. The first-order valence-electron chi connectivity index (χ1n) is 13.0. The molecule has 1 saturated carbocycles. The summed E-state index contributed by atoms with van der Waals surface area (Å²) in [5.41, 5.74) is 10.1. The van der Waals surface area contributed by atoms with Gasteiger partial charge in [0, 0.05) is 12.0 Å². The van der Waals surface area contributed by atoms with Crippen LogP contribution in [0.2, 0.25) is 0 Å². The monoisotopic (exact) mass is 489 g/mol. The van der Waals surface area contributed by atoms with Crippen LogP contribution in [0.15, 0.2) is 104 Å². The second-order valence-electron chi connectivity index (χ2n) is 9.81. The van der Waals surface area contributed by atoms with E-state index in [1.54, 1.807) is 0 Å². The van der Waals surface area contributed by atoms with Gasteiger partial charge in [-0.05, 0) is 29.0 Å².